The molecule has 0 spiro atoms. The van der Waals surface area contributed by atoms with Crippen molar-refractivity contribution in [3.05, 3.63) is 108 Å². The molecule has 196 valence electrons. The Bertz CT molecular complexity index is 2020. The third-order valence-corrected chi connectivity index (χ3v) is 5.33. The Hall–Kier alpha value is -5.06. The van der Waals surface area contributed by atoms with Gasteiger partial charge in [-0.15, -0.1) is 0 Å². The predicted octanol–water partition coefficient (Wildman–Crippen LogP) is 6.36. The number of halogens is 3. The summed E-state index contributed by atoms with van der Waals surface area (Å²) < 4.78 is 107. The van der Waals surface area contributed by atoms with Crippen LogP contribution in [0.3, 0.4) is 0 Å². The number of amides is 1. The van der Waals surface area contributed by atoms with Crippen LogP contribution in [0.4, 0.5) is 30.5 Å². The number of rotatable bonds is 6. The van der Waals surface area contributed by atoms with E-state index in [0.717, 1.165) is 17.1 Å². The lowest BCUT2D eigenvalue weighted by atomic mass is 10.1. The first kappa shape index (κ1) is 17.4. The quantitative estimate of drug-likeness (QED) is 0.262. The number of hydrogen-bond acceptors (Lipinski definition) is 6. The molecule has 0 saturated heterocycles. The summed E-state index contributed by atoms with van der Waals surface area (Å²) in [6.07, 6.45) is -0.965. The second-order valence-corrected chi connectivity index (χ2v) is 8.12. The van der Waals surface area contributed by atoms with Crippen LogP contribution in [0.15, 0.2) is 85.6 Å². The average Bonchev–Trinajstić information content (AvgIpc) is 3.48. The summed E-state index contributed by atoms with van der Waals surface area (Å²) in [6, 6.07) is 3.74. The van der Waals surface area contributed by atoms with Crippen LogP contribution < -0.4 is 10.6 Å². The minimum Gasteiger partial charge on any atom is -0.324 e. The van der Waals surface area contributed by atoms with Gasteiger partial charge < -0.3 is 15.2 Å². The van der Waals surface area contributed by atoms with Crippen molar-refractivity contribution in [1.29, 1.82) is 0 Å². The minimum absolute atomic E-state index is 0.0883. The lowest BCUT2D eigenvalue weighted by molar-refractivity contribution is -0.137. The number of pyridine rings is 1. The molecule has 8 nitrogen and oxygen atoms in total. The lowest BCUT2D eigenvalue weighted by Gasteiger charge is -2.14. The Morgan fingerprint density at radius 3 is 2.77 bits per heavy atom. The largest absolute Gasteiger partial charge is 0.416 e. The molecule has 0 radical (unpaired) electrons. The molecule has 0 unspecified atom stereocenters. The second-order valence-electron chi connectivity index (χ2n) is 8.12. The minimum atomic E-state index is -5.25. The molecule has 2 N–H and O–H groups in total. The van der Waals surface area contributed by atoms with Crippen molar-refractivity contribution in [2.24, 2.45) is 0 Å². The zero-order chi connectivity index (χ0) is 34.4. The fraction of sp³-hybridized carbons (Fsp3) is 0.107. The van der Waals surface area contributed by atoms with E-state index < -0.39 is 65.9 Å². The summed E-state index contributed by atoms with van der Waals surface area (Å²) in [4.78, 5) is 29.3. The summed E-state index contributed by atoms with van der Waals surface area (Å²) in [7, 11) is 0. The van der Waals surface area contributed by atoms with Gasteiger partial charge in [0, 0.05) is 57.1 Å². The third-order valence-electron chi connectivity index (χ3n) is 5.33. The first-order valence-corrected chi connectivity index (χ1v) is 11.2. The predicted molar refractivity (Wildman–Crippen MR) is 141 cm³/mol. The summed E-state index contributed by atoms with van der Waals surface area (Å²) in [5.74, 6) is -1.10. The molecule has 0 bridgehead atoms. The van der Waals surface area contributed by atoms with Gasteiger partial charge in [-0.05, 0) is 67.8 Å². The molecule has 3 aromatic heterocycles. The summed E-state index contributed by atoms with van der Waals surface area (Å²) in [5.41, 5.74) is -2.58. The van der Waals surface area contributed by atoms with Gasteiger partial charge >= 0.3 is 6.18 Å². The van der Waals surface area contributed by atoms with Gasteiger partial charge in [0.15, 0.2) is 0 Å². The molecule has 39 heavy (non-hydrogen) atoms. The summed E-state index contributed by atoms with van der Waals surface area (Å²) in [6.45, 7) is -1.06. The maximum absolute atomic E-state index is 14.1. The molecule has 11 heteroatoms. The molecule has 0 aliphatic heterocycles. The van der Waals surface area contributed by atoms with Crippen LogP contribution in [0.2, 0.25) is 0 Å². The number of imidazole rings is 1. The van der Waals surface area contributed by atoms with Crippen molar-refractivity contribution < 1.29 is 28.9 Å². The van der Waals surface area contributed by atoms with Crippen LogP contribution in [0, 0.1) is 13.8 Å². The van der Waals surface area contributed by atoms with Gasteiger partial charge in [0.25, 0.3) is 5.91 Å². The zero-order valence-electron chi connectivity index (χ0n) is 28.0. The lowest BCUT2D eigenvalue weighted by Crippen LogP contribution is -2.14. The molecular weight excluding hydrogens is 507 g/mol. The topological polar surface area (TPSA) is 97.6 Å². The molecule has 0 saturated carbocycles. The van der Waals surface area contributed by atoms with Gasteiger partial charge in [0.1, 0.15) is 0 Å². The SMILES string of the molecule is [2H]c1nc(Nc2cc(C(=O)Nc3c([2H])c(-n4cnc(C([2H])([2H])[2H])c4)c([2H])c(C(F)(F)F)c3[2H])ccc2C)nc(-c2cccnc2)c1[2H]. The number of anilines is 3. The van der Waals surface area contributed by atoms with Gasteiger partial charge in [0.05, 0.1) is 30.1 Å². The first-order valence-electron chi connectivity index (χ1n) is 15.2. The van der Waals surface area contributed by atoms with Crippen molar-refractivity contribution >= 4 is 23.2 Å². The molecule has 0 aliphatic rings. The van der Waals surface area contributed by atoms with E-state index in [1.807, 2.05) is 0 Å². The summed E-state index contributed by atoms with van der Waals surface area (Å²) >= 11 is 0. The highest BCUT2D eigenvalue weighted by molar-refractivity contribution is 6.05. The average molecular weight is 538 g/mol. The van der Waals surface area contributed by atoms with E-state index in [-0.39, 0.29) is 28.9 Å². The second kappa shape index (κ2) is 10.4. The number of alkyl halides is 3. The Labute approximate surface area is 232 Å². The van der Waals surface area contributed by atoms with Crippen molar-refractivity contribution in [1.82, 2.24) is 24.5 Å². The van der Waals surface area contributed by atoms with E-state index in [0.29, 0.717) is 11.1 Å². The zero-order valence-corrected chi connectivity index (χ0v) is 20.0. The summed E-state index contributed by atoms with van der Waals surface area (Å²) in [5, 5.41) is 5.06. The number of aromatic nitrogens is 5. The van der Waals surface area contributed by atoms with E-state index in [4.69, 9.17) is 11.0 Å². The molecule has 1 amide bonds. The maximum Gasteiger partial charge on any atom is 0.416 e. The van der Waals surface area contributed by atoms with Crippen LogP contribution in [-0.2, 0) is 6.18 Å². The van der Waals surface area contributed by atoms with Gasteiger partial charge in [0.2, 0.25) is 5.95 Å². The Morgan fingerprint density at radius 2 is 2.03 bits per heavy atom. The number of aryl methyl sites for hydroxylation is 2. The van der Waals surface area contributed by atoms with E-state index in [1.165, 1.54) is 30.6 Å². The first-order chi connectivity index (χ1) is 22.0. The molecule has 5 aromatic rings. The normalized spacial score (nSPS) is 14.6. The highest BCUT2D eigenvalue weighted by Gasteiger charge is 2.31. The van der Waals surface area contributed by atoms with Crippen LogP contribution in [-0.4, -0.2) is 30.4 Å². The molecule has 0 atom stereocenters. The molecule has 2 aromatic carbocycles. The standard InChI is InChI=1S/C28H22F3N7O/c1-17-5-6-19(10-25(17)37-27-33-9-7-24(36-27)20-4-3-8-32-14-20)26(39)35-22-11-21(28(29,30)31)12-23(13-22)38-15-18(2)34-16-38/h3-16H,1-2H3,(H,35,39)(H,33,36,37)/i2D3,7D,9D,11D,12D,13D. The Kier molecular flexibility index (Phi) is 4.64. The highest BCUT2D eigenvalue weighted by Crippen LogP contribution is 2.33. The van der Waals surface area contributed by atoms with Crippen LogP contribution in [0.25, 0.3) is 16.9 Å². The maximum atomic E-state index is 14.1. The van der Waals surface area contributed by atoms with Gasteiger partial charge in [-0.3, -0.25) is 9.78 Å². The van der Waals surface area contributed by atoms with Crippen LogP contribution >= 0.6 is 0 Å². The number of benzene rings is 2. The fourth-order valence-corrected chi connectivity index (χ4v) is 3.43. The number of nitrogens with zero attached hydrogens (tertiary/aromatic N) is 5. The fourth-order valence-electron chi connectivity index (χ4n) is 3.43. The molecule has 0 fully saturated rings. The van der Waals surface area contributed by atoms with Crippen molar-refractivity contribution in [3.63, 3.8) is 0 Å². The van der Waals surface area contributed by atoms with Crippen molar-refractivity contribution in [2.45, 2.75) is 20.0 Å². The van der Waals surface area contributed by atoms with Crippen LogP contribution in [0.5, 0.6) is 0 Å². The Balaban J connectivity index is 1.53. The van der Waals surface area contributed by atoms with E-state index >= 15 is 0 Å². The third kappa shape index (κ3) is 5.93. The smallest absolute Gasteiger partial charge is 0.324 e. The van der Waals surface area contributed by atoms with Gasteiger partial charge in [-0.1, -0.05) is 6.07 Å². The number of nitrogens with one attached hydrogen (secondary N) is 2. The van der Waals surface area contributed by atoms with Crippen LogP contribution in [0.1, 0.15) is 38.1 Å². The number of carbonyl (C=O) groups excluding carboxylic acids is 1. The molecular formula is C28H22F3N7O. The highest BCUT2D eigenvalue weighted by atomic mass is 19.4. The molecule has 3 heterocycles. The number of hydrogen-bond donors (Lipinski definition) is 2. The van der Waals surface area contributed by atoms with E-state index in [1.54, 1.807) is 19.1 Å². The van der Waals surface area contributed by atoms with E-state index in [9.17, 15) is 18.0 Å². The van der Waals surface area contributed by atoms with Gasteiger partial charge in [-0.25, -0.2) is 15.0 Å². The number of carbonyl (C=O) groups is 1. The molecule has 5 rings (SSSR count). The molecule has 0 aliphatic carbocycles. The van der Waals surface area contributed by atoms with Crippen molar-refractivity contribution in [2.75, 3.05) is 10.6 Å². The van der Waals surface area contributed by atoms with Gasteiger partial charge in [-0.2, -0.15) is 13.2 Å². The monoisotopic (exact) mass is 537 g/mol. The van der Waals surface area contributed by atoms with E-state index in [2.05, 4.69) is 30.6 Å². The van der Waals surface area contributed by atoms with Crippen molar-refractivity contribution in [3.8, 4) is 16.9 Å². The Morgan fingerprint density at radius 1 is 1.15 bits per heavy atom.